The van der Waals surface area contributed by atoms with E-state index in [4.69, 9.17) is 9.47 Å². The Hall–Kier alpha value is -2.44. The molecule has 1 aliphatic carbocycles. The largest absolute Gasteiger partial charge is 0.504 e. The van der Waals surface area contributed by atoms with Crippen molar-refractivity contribution in [3.8, 4) is 23.0 Å². The van der Waals surface area contributed by atoms with Gasteiger partial charge in [-0.25, -0.2) is 0 Å². The molecule has 0 saturated heterocycles. The first-order valence-corrected chi connectivity index (χ1v) is 12.3. The number of phenolic OH excluding ortho intramolecular Hbond substituents is 2. The van der Waals surface area contributed by atoms with Gasteiger partial charge in [-0.2, -0.15) is 0 Å². The lowest BCUT2D eigenvalue weighted by molar-refractivity contribution is 0.173. The Labute approximate surface area is 198 Å². The number of ether oxygens (including phenoxy) is 2. The minimum atomic E-state index is -0.00841. The molecule has 6 heteroatoms. The molecular weight excluding hydrogens is 416 g/mol. The van der Waals surface area contributed by atoms with Gasteiger partial charge in [0.2, 0.25) is 0 Å². The molecule has 0 radical (unpaired) electrons. The summed E-state index contributed by atoms with van der Waals surface area (Å²) in [7, 11) is 1.67. The third-order valence-corrected chi connectivity index (χ3v) is 6.51. The van der Waals surface area contributed by atoms with E-state index in [-0.39, 0.29) is 11.5 Å². The summed E-state index contributed by atoms with van der Waals surface area (Å²) >= 11 is 0. The van der Waals surface area contributed by atoms with Gasteiger partial charge in [0.05, 0.1) is 7.11 Å². The second-order valence-corrected chi connectivity index (χ2v) is 8.96. The van der Waals surface area contributed by atoms with Gasteiger partial charge in [0.1, 0.15) is 6.61 Å². The highest BCUT2D eigenvalue weighted by molar-refractivity contribution is 5.50. The lowest BCUT2D eigenvalue weighted by Gasteiger charge is -2.35. The molecule has 3 N–H and O–H groups in total. The number of hydrogen-bond acceptors (Lipinski definition) is 6. The highest BCUT2D eigenvalue weighted by Crippen LogP contribution is 2.36. The fourth-order valence-corrected chi connectivity index (χ4v) is 4.61. The number of rotatable bonds is 13. The molecular formula is C27H40N2O4. The fourth-order valence-electron chi connectivity index (χ4n) is 4.61. The Balaban J connectivity index is 1.41. The van der Waals surface area contributed by atoms with Crippen LogP contribution in [0.15, 0.2) is 30.3 Å². The van der Waals surface area contributed by atoms with Gasteiger partial charge < -0.3 is 25.0 Å². The van der Waals surface area contributed by atoms with Crippen molar-refractivity contribution >= 4 is 0 Å². The summed E-state index contributed by atoms with van der Waals surface area (Å²) in [5.74, 6) is 1.62. The van der Waals surface area contributed by atoms with Crippen molar-refractivity contribution < 1.29 is 19.7 Å². The molecule has 0 bridgehead atoms. The monoisotopic (exact) mass is 456 g/mol. The predicted molar refractivity (Wildman–Crippen MR) is 133 cm³/mol. The van der Waals surface area contributed by atoms with Crippen molar-refractivity contribution in [2.45, 2.75) is 58.4 Å². The van der Waals surface area contributed by atoms with Crippen molar-refractivity contribution in [1.29, 1.82) is 0 Å². The zero-order valence-corrected chi connectivity index (χ0v) is 20.4. The lowest BCUT2D eigenvalue weighted by Crippen LogP contribution is -2.41. The van der Waals surface area contributed by atoms with Crippen molar-refractivity contribution in [2.24, 2.45) is 0 Å². The van der Waals surface area contributed by atoms with E-state index < -0.39 is 0 Å². The van der Waals surface area contributed by atoms with Crippen LogP contribution >= 0.6 is 0 Å². The topological polar surface area (TPSA) is 74.2 Å². The number of methoxy groups -OCH3 is 1. The highest BCUT2D eigenvalue weighted by Gasteiger charge is 2.26. The molecule has 182 valence electrons. The number of nitrogens with one attached hydrogen (secondary N) is 1. The van der Waals surface area contributed by atoms with Crippen molar-refractivity contribution in [3.05, 3.63) is 47.0 Å². The standard InChI is InChI=1S/C27H40N2O4/c1-4-5-15-29(22-9-10-23-21(19-22)8-11-24(30)27(23)31)16-6-13-28-14-17-33-25-12-7-20(2)18-26(25)32-3/h7-8,11-12,18,22,28,30-31H,4-6,9-10,13-17,19H2,1-3H3/t22-/m0/s1. The van der Waals surface area contributed by atoms with E-state index in [1.807, 2.05) is 31.2 Å². The Kier molecular flexibility index (Phi) is 9.70. The molecule has 0 aliphatic heterocycles. The summed E-state index contributed by atoms with van der Waals surface area (Å²) in [6, 6.07) is 10.1. The zero-order chi connectivity index (χ0) is 23.6. The first-order valence-electron chi connectivity index (χ1n) is 12.3. The van der Waals surface area contributed by atoms with Crippen LogP contribution in [0.3, 0.4) is 0 Å². The van der Waals surface area contributed by atoms with Gasteiger partial charge in [0.25, 0.3) is 0 Å². The Morgan fingerprint density at radius 1 is 1.06 bits per heavy atom. The van der Waals surface area contributed by atoms with Crippen LogP contribution in [0.4, 0.5) is 0 Å². The highest BCUT2D eigenvalue weighted by atomic mass is 16.5. The number of nitrogens with zero attached hydrogens (tertiary/aromatic N) is 1. The maximum absolute atomic E-state index is 10.2. The van der Waals surface area contributed by atoms with E-state index in [9.17, 15) is 10.2 Å². The van der Waals surface area contributed by atoms with E-state index in [0.29, 0.717) is 12.6 Å². The minimum Gasteiger partial charge on any atom is -0.504 e. The van der Waals surface area contributed by atoms with Crippen LogP contribution in [-0.4, -0.2) is 61.1 Å². The van der Waals surface area contributed by atoms with Gasteiger partial charge in [-0.3, -0.25) is 4.90 Å². The zero-order valence-electron chi connectivity index (χ0n) is 20.4. The Morgan fingerprint density at radius 2 is 1.88 bits per heavy atom. The first-order chi connectivity index (χ1) is 16.0. The van der Waals surface area contributed by atoms with Gasteiger partial charge in [-0.15, -0.1) is 0 Å². The van der Waals surface area contributed by atoms with Crippen LogP contribution in [0.5, 0.6) is 23.0 Å². The van der Waals surface area contributed by atoms with E-state index >= 15 is 0 Å². The van der Waals surface area contributed by atoms with Crippen LogP contribution in [-0.2, 0) is 12.8 Å². The van der Waals surface area contributed by atoms with Crippen LogP contribution < -0.4 is 14.8 Å². The van der Waals surface area contributed by atoms with Crippen LogP contribution in [0.2, 0.25) is 0 Å². The number of aromatic hydroxyl groups is 2. The van der Waals surface area contributed by atoms with Gasteiger partial charge in [0.15, 0.2) is 23.0 Å². The van der Waals surface area contributed by atoms with E-state index in [0.717, 1.165) is 74.5 Å². The molecule has 3 rings (SSSR count). The lowest BCUT2D eigenvalue weighted by atomic mass is 9.86. The summed E-state index contributed by atoms with van der Waals surface area (Å²) < 4.78 is 11.3. The molecule has 33 heavy (non-hydrogen) atoms. The third kappa shape index (κ3) is 7.02. The van der Waals surface area contributed by atoms with Crippen molar-refractivity contribution in [2.75, 3.05) is 39.9 Å². The van der Waals surface area contributed by atoms with E-state index in [1.165, 1.54) is 18.4 Å². The molecule has 6 nitrogen and oxygen atoms in total. The van der Waals surface area contributed by atoms with Crippen molar-refractivity contribution in [3.63, 3.8) is 0 Å². The summed E-state index contributed by atoms with van der Waals surface area (Å²) in [6.45, 7) is 8.80. The SMILES string of the molecule is CCCCN(CCCNCCOc1ccc(C)cc1OC)[C@H]1CCc2c(ccc(O)c2O)C1. The van der Waals surface area contributed by atoms with Gasteiger partial charge in [0, 0.05) is 18.2 Å². The van der Waals surface area contributed by atoms with Crippen LogP contribution in [0, 0.1) is 6.92 Å². The smallest absolute Gasteiger partial charge is 0.161 e. The molecule has 2 aromatic carbocycles. The molecule has 2 aromatic rings. The molecule has 0 heterocycles. The fraction of sp³-hybridized carbons (Fsp3) is 0.556. The molecule has 1 aliphatic rings. The first kappa shape index (κ1) is 25.2. The average molecular weight is 457 g/mol. The Morgan fingerprint density at radius 3 is 2.67 bits per heavy atom. The summed E-state index contributed by atoms with van der Waals surface area (Å²) in [5.41, 5.74) is 3.25. The quantitative estimate of drug-likeness (QED) is 0.306. The number of hydrogen-bond donors (Lipinski definition) is 3. The molecule has 0 aromatic heterocycles. The second kappa shape index (κ2) is 12.7. The molecule has 0 saturated carbocycles. The second-order valence-electron chi connectivity index (χ2n) is 8.96. The molecule has 0 fully saturated rings. The van der Waals surface area contributed by atoms with Gasteiger partial charge >= 0.3 is 0 Å². The molecule has 0 spiro atoms. The van der Waals surface area contributed by atoms with E-state index in [1.54, 1.807) is 13.2 Å². The molecule has 1 atom stereocenters. The summed E-state index contributed by atoms with van der Waals surface area (Å²) in [6.07, 6.45) is 6.25. The Bertz CT molecular complexity index is 887. The maximum atomic E-state index is 10.2. The number of unbranched alkanes of at least 4 members (excludes halogenated alkanes) is 1. The van der Waals surface area contributed by atoms with Crippen molar-refractivity contribution in [1.82, 2.24) is 10.2 Å². The number of aryl methyl sites for hydroxylation is 1. The molecule has 0 amide bonds. The predicted octanol–water partition coefficient (Wildman–Crippen LogP) is 4.43. The number of benzene rings is 2. The number of fused-ring (bicyclic) bond motifs is 1. The summed E-state index contributed by atoms with van der Waals surface area (Å²) in [4.78, 5) is 2.62. The van der Waals surface area contributed by atoms with Crippen LogP contribution in [0.25, 0.3) is 0 Å². The summed E-state index contributed by atoms with van der Waals surface area (Å²) in [5, 5.41) is 23.5. The maximum Gasteiger partial charge on any atom is 0.161 e. The van der Waals surface area contributed by atoms with Gasteiger partial charge in [-0.05, 0) is 88.0 Å². The van der Waals surface area contributed by atoms with Gasteiger partial charge in [-0.1, -0.05) is 25.5 Å². The third-order valence-electron chi connectivity index (χ3n) is 6.51. The molecule has 0 unspecified atom stereocenters. The normalized spacial score (nSPS) is 15.5. The average Bonchev–Trinajstić information content (AvgIpc) is 2.83. The minimum absolute atomic E-state index is 0.00841. The van der Waals surface area contributed by atoms with Crippen LogP contribution in [0.1, 0.15) is 49.3 Å². The number of phenols is 2. The van der Waals surface area contributed by atoms with E-state index in [2.05, 4.69) is 17.1 Å².